The number of rotatable bonds is 3. The molecular weight excluding hydrogens is 226 g/mol. The van der Waals surface area contributed by atoms with Gasteiger partial charge in [-0.05, 0) is 18.1 Å². The monoisotopic (exact) mass is 243 g/mol. The minimum atomic E-state index is -0.0815. The van der Waals surface area contributed by atoms with Gasteiger partial charge in [-0.25, -0.2) is 4.98 Å². The molecule has 1 aromatic heterocycles. The fourth-order valence-electron chi connectivity index (χ4n) is 1.89. The van der Waals surface area contributed by atoms with Crippen LogP contribution in [0.2, 0.25) is 0 Å². The van der Waals surface area contributed by atoms with E-state index in [-0.39, 0.29) is 5.91 Å². The molecule has 4 heteroatoms. The summed E-state index contributed by atoms with van der Waals surface area (Å²) >= 11 is 0. The Hall–Kier alpha value is -1.97. The fourth-order valence-corrected chi connectivity index (χ4v) is 1.89. The van der Waals surface area contributed by atoms with Crippen LogP contribution in [0, 0.1) is 5.92 Å². The molecule has 0 bridgehead atoms. The Morgan fingerprint density at radius 1 is 1.28 bits per heavy atom. The second kappa shape index (κ2) is 5.12. The summed E-state index contributed by atoms with van der Waals surface area (Å²) < 4.78 is 0. The van der Waals surface area contributed by atoms with Gasteiger partial charge >= 0.3 is 0 Å². The van der Waals surface area contributed by atoms with Gasteiger partial charge in [0.2, 0.25) is 0 Å². The SMILES string of the molecule is CC(C)CN(C)C(=O)c1cnc2ccccc2n1. The van der Waals surface area contributed by atoms with Crippen LogP contribution >= 0.6 is 0 Å². The number of nitrogens with zero attached hydrogens (tertiary/aromatic N) is 3. The van der Waals surface area contributed by atoms with E-state index in [2.05, 4.69) is 23.8 Å². The first kappa shape index (κ1) is 12.5. The highest BCUT2D eigenvalue weighted by atomic mass is 16.2. The molecule has 0 saturated heterocycles. The molecule has 0 N–H and O–H groups in total. The highest BCUT2D eigenvalue weighted by Crippen LogP contribution is 2.10. The summed E-state index contributed by atoms with van der Waals surface area (Å²) in [5.41, 5.74) is 1.96. The number of fused-ring (bicyclic) bond motifs is 1. The molecule has 0 spiro atoms. The standard InChI is InChI=1S/C14H17N3O/c1-10(2)9-17(3)14(18)13-8-15-11-6-4-5-7-12(11)16-13/h4-8,10H,9H2,1-3H3. The zero-order chi connectivity index (χ0) is 13.1. The maximum atomic E-state index is 12.1. The summed E-state index contributed by atoms with van der Waals surface area (Å²) in [6, 6.07) is 7.54. The van der Waals surface area contributed by atoms with Crippen LogP contribution < -0.4 is 0 Å². The summed E-state index contributed by atoms with van der Waals surface area (Å²) in [5, 5.41) is 0. The van der Waals surface area contributed by atoms with E-state index in [4.69, 9.17) is 0 Å². The summed E-state index contributed by atoms with van der Waals surface area (Å²) in [7, 11) is 1.79. The van der Waals surface area contributed by atoms with Gasteiger partial charge in [0.05, 0.1) is 17.2 Å². The van der Waals surface area contributed by atoms with Crippen LogP contribution in [0.25, 0.3) is 11.0 Å². The highest BCUT2D eigenvalue weighted by Gasteiger charge is 2.14. The highest BCUT2D eigenvalue weighted by molar-refractivity contribution is 5.93. The van der Waals surface area contributed by atoms with Crippen molar-refractivity contribution in [2.24, 2.45) is 5.92 Å². The first-order chi connectivity index (χ1) is 8.58. The van der Waals surface area contributed by atoms with Gasteiger partial charge in [0.25, 0.3) is 5.91 Å². The van der Waals surface area contributed by atoms with Crippen LogP contribution in [-0.4, -0.2) is 34.4 Å². The van der Waals surface area contributed by atoms with Gasteiger partial charge in [0.1, 0.15) is 5.69 Å². The average Bonchev–Trinajstić information content (AvgIpc) is 2.36. The zero-order valence-electron chi connectivity index (χ0n) is 10.9. The molecule has 18 heavy (non-hydrogen) atoms. The van der Waals surface area contributed by atoms with Crippen LogP contribution in [0.15, 0.2) is 30.5 Å². The van der Waals surface area contributed by atoms with E-state index in [9.17, 15) is 4.79 Å². The summed E-state index contributed by atoms with van der Waals surface area (Å²) in [5.74, 6) is 0.356. The van der Waals surface area contributed by atoms with Gasteiger partial charge in [0.15, 0.2) is 0 Å². The molecule has 1 heterocycles. The maximum absolute atomic E-state index is 12.1. The molecule has 0 atom stereocenters. The Kier molecular flexibility index (Phi) is 3.55. The molecule has 0 aliphatic heterocycles. The predicted molar refractivity (Wildman–Crippen MR) is 71.3 cm³/mol. The largest absolute Gasteiger partial charge is 0.340 e. The van der Waals surface area contributed by atoms with Crippen LogP contribution in [0.5, 0.6) is 0 Å². The maximum Gasteiger partial charge on any atom is 0.273 e. The lowest BCUT2D eigenvalue weighted by Crippen LogP contribution is -2.31. The average molecular weight is 243 g/mol. The molecule has 2 rings (SSSR count). The second-order valence-electron chi connectivity index (χ2n) is 4.82. The molecule has 1 amide bonds. The summed E-state index contributed by atoms with van der Waals surface area (Å²) in [6.07, 6.45) is 1.54. The van der Waals surface area contributed by atoms with Gasteiger partial charge in [-0.2, -0.15) is 0 Å². The third-order valence-electron chi connectivity index (χ3n) is 2.65. The number of aromatic nitrogens is 2. The smallest absolute Gasteiger partial charge is 0.273 e. The van der Waals surface area contributed by atoms with E-state index in [0.717, 1.165) is 11.0 Å². The number of para-hydroxylation sites is 2. The van der Waals surface area contributed by atoms with Crippen LogP contribution in [0.4, 0.5) is 0 Å². The van der Waals surface area contributed by atoms with E-state index in [0.29, 0.717) is 18.2 Å². The summed E-state index contributed by atoms with van der Waals surface area (Å²) in [4.78, 5) is 22.4. The van der Waals surface area contributed by atoms with Crippen molar-refractivity contribution in [3.63, 3.8) is 0 Å². The molecule has 0 radical (unpaired) electrons. The molecular formula is C14H17N3O. The van der Waals surface area contributed by atoms with Crippen LogP contribution in [0.1, 0.15) is 24.3 Å². The van der Waals surface area contributed by atoms with E-state index in [1.807, 2.05) is 24.3 Å². The van der Waals surface area contributed by atoms with Gasteiger partial charge in [0, 0.05) is 13.6 Å². The van der Waals surface area contributed by atoms with Crippen molar-refractivity contribution in [3.8, 4) is 0 Å². The van der Waals surface area contributed by atoms with Crippen molar-refractivity contribution in [2.75, 3.05) is 13.6 Å². The van der Waals surface area contributed by atoms with E-state index in [1.54, 1.807) is 18.1 Å². The van der Waals surface area contributed by atoms with E-state index in [1.165, 1.54) is 0 Å². The van der Waals surface area contributed by atoms with Gasteiger partial charge in [-0.15, -0.1) is 0 Å². The van der Waals surface area contributed by atoms with E-state index >= 15 is 0 Å². The number of hydrogen-bond donors (Lipinski definition) is 0. The molecule has 1 aromatic carbocycles. The molecule has 94 valence electrons. The lowest BCUT2D eigenvalue weighted by atomic mass is 10.2. The number of benzene rings is 1. The molecule has 0 aliphatic rings. The summed E-state index contributed by atoms with van der Waals surface area (Å²) in [6.45, 7) is 4.87. The molecule has 0 saturated carbocycles. The fraction of sp³-hybridized carbons (Fsp3) is 0.357. The van der Waals surface area contributed by atoms with Crippen molar-refractivity contribution in [3.05, 3.63) is 36.2 Å². The lowest BCUT2D eigenvalue weighted by molar-refractivity contribution is 0.0773. The Morgan fingerprint density at radius 2 is 1.94 bits per heavy atom. The molecule has 2 aromatic rings. The van der Waals surface area contributed by atoms with Gasteiger partial charge in [-0.1, -0.05) is 26.0 Å². The first-order valence-electron chi connectivity index (χ1n) is 6.05. The Labute approximate surface area is 107 Å². The first-order valence-corrected chi connectivity index (χ1v) is 6.05. The van der Waals surface area contributed by atoms with Gasteiger partial charge < -0.3 is 4.90 Å². The van der Waals surface area contributed by atoms with Crippen LogP contribution in [0.3, 0.4) is 0 Å². The Bertz CT molecular complexity index is 566. The number of carbonyl (C=O) groups excluding carboxylic acids is 1. The van der Waals surface area contributed by atoms with Gasteiger partial charge in [-0.3, -0.25) is 9.78 Å². The normalized spacial score (nSPS) is 10.9. The molecule has 0 fully saturated rings. The predicted octanol–water partition coefficient (Wildman–Crippen LogP) is 2.36. The molecule has 4 nitrogen and oxygen atoms in total. The Balaban J connectivity index is 2.28. The van der Waals surface area contributed by atoms with Crippen molar-refractivity contribution in [1.29, 1.82) is 0 Å². The third-order valence-corrected chi connectivity index (χ3v) is 2.65. The minimum absolute atomic E-state index is 0.0815. The molecule has 0 aliphatic carbocycles. The van der Waals surface area contributed by atoms with Crippen molar-refractivity contribution >= 4 is 16.9 Å². The van der Waals surface area contributed by atoms with Crippen LogP contribution in [-0.2, 0) is 0 Å². The topological polar surface area (TPSA) is 46.1 Å². The number of carbonyl (C=O) groups is 1. The molecule has 0 unspecified atom stereocenters. The quantitative estimate of drug-likeness (QED) is 0.831. The van der Waals surface area contributed by atoms with Crippen molar-refractivity contribution < 1.29 is 4.79 Å². The van der Waals surface area contributed by atoms with E-state index < -0.39 is 0 Å². The lowest BCUT2D eigenvalue weighted by Gasteiger charge is -2.18. The zero-order valence-corrected chi connectivity index (χ0v) is 10.9. The number of hydrogen-bond acceptors (Lipinski definition) is 3. The Morgan fingerprint density at radius 3 is 2.61 bits per heavy atom. The van der Waals surface area contributed by atoms with Crippen molar-refractivity contribution in [1.82, 2.24) is 14.9 Å². The number of amides is 1. The van der Waals surface area contributed by atoms with Crippen molar-refractivity contribution in [2.45, 2.75) is 13.8 Å². The third kappa shape index (κ3) is 2.64. The minimum Gasteiger partial charge on any atom is -0.340 e. The second-order valence-corrected chi connectivity index (χ2v) is 4.82.